The van der Waals surface area contributed by atoms with Gasteiger partial charge in [-0.1, -0.05) is 100 Å². The van der Waals surface area contributed by atoms with Crippen molar-refractivity contribution in [2.24, 2.45) is 0 Å². The van der Waals surface area contributed by atoms with Gasteiger partial charge in [-0.2, -0.15) is 4.89 Å². The minimum Gasteiger partial charge on any atom is -0.427 e. The van der Waals surface area contributed by atoms with Gasteiger partial charge in [0.25, 0.3) is 0 Å². The van der Waals surface area contributed by atoms with Gasteiger partial charge in [0, 0.05) is 0 Å². The van der Waals surface area contributed by atoms with E-state index in [1.54, 1.807) is 0 Å². The van der Waals surface area contributed by atoms with Crippen LogP contribution in [0.25, 0.3) is 0 Å². The first kappa shape index (κ1) is 26.0. The third-order valence-corrected chi connectivity index (χ3v) is 4.75. The molecule has 0 radical (unpaired) electrons. The van der Waals surface area contributed by atoms with E-state index in [0.717, 1.165) is 24.8 Å². The van der Waals surface area contributed by atoms with Gasteiger partial charge in [-0.05, 0) is 44.1 Å². The molecular weight excluding hydrogens is 376 g/mol. The van der Waals surface area contributed by atoms with Crippen molar-refractivity contribution in [3.63, 3.8) is 0 Å². The first-order valence-corrected chi connectivity index (χ1v) is 11.6. The molecule has 0 unspecified atom stereocenters. The molecule has 0 aromatic heterocycles. The van der Waals surface area contributed by atoms with Crippen molar-refractivity contribution in [3.05, 3.63) is 60.2 Å². The van der Waals surface area contributed by atoms with E-state index < -0.39 is 6.16 Å². The van der Waals surface area contributed by atoms with Gasteiger partial charge in [0.2, 0.25) is 0 Å². The van der Waals surface area contributed by atoms with Gasteiger partial charge >= 0.3 is 6.16 Å². The van der Waals surface area contributed by atoms with Crippen molar-refractivity contribution in [1.82, 2.24) is 0 Å². The number of carbonyl (C=O) groups is 1. The quantitative estimate of drug-likeness (QED) is 0.0797. The lowest BCUT2D eigenvalue weighted by Gasteiger charge is -2.05. The minimum atomic E-state index is -0.793. The molecule has 168 valence electrons. The van der Waals surface area contributed by atoms with Crippen LogP contribution in [0, 0.1) is 0 Å². The minimum absolute atomic E-state index is 0.188. The molecule has 0 saturated heterocycles. The zero-order valence-electron chi connectivity index (χ0n) is 18.7. The summed E-state index contributed by atoms with van der Waals surface area (Å²) in [6.45, 7) is 2.84. The van der Waals surface area contributed by atoms with E-state index in [4.69, 9.17) is 9.62 Å². The van der Waals surface area contributed by atoms with E-state index in [0.29, 0.717) is 6.61 Å². The highest BCUT2D eigenvalue weighted by molar-refractivity contribution is 5.59. The third-order valence-electron chi connectivity index (χ3n) is 4.75. The highest BCUT2D eigenvalue weighted by atomic mass is 17.2. The Labute approximate surface area is 183 Å². The topological polar surface area (TPSA) is 44.8 Å². The number of rotatable bonds is 18. The van der Waals surface area contributed by atoms with Crippen LogP contribution in [0.5, 0.6) is 0 Å². The summed E-state index contributed by atoms with van der Waals surface area (Å²) in [6, 6.07) is 9.48. The molecule has 0 heterocycles. The van der Waals surface area contributed by atoms with Gasteiger partial charge in [-0.25, -0.2) is 4.79 Å². The lowest BCUT2D eigenvalue weighted by Crippen LogP contribution is -2.08. The summed E-state index contributed by atoms with van der Waals surface area (Å²) in [7, 11) is 0. The summed E-state index contributed by atoms with van der Waals surface area (Å²) >= 11 is 0. The number of ether oxygens (including phenoxy) is 1. The van der Waals surface area contributed by atoms with Crippen molar-refractivity contribution in [2.75, 3.05) is 6.61 Å². The van der Waals surface area contributed by atoms with Crippen LogP contribution in [0.4, 0.5) is 4.79 Å². The summed E-state index contributed by atoms with van der Waals surface area (Å²) in [5, 5.41) is 0. The normalized spacial score (nSPS) is 11.4. The molecule has 0 fully saturated rings. The van der Waals surface area contributed by atoms with Gasteiger partial charge in [0.05, 0.1) is 6.61 Å². The maximum atomic E-state index is 11.4. The smallest absolute Gasteiger partial charge is 0.427 e. The fourth-order valence-electron chi connectivity index (χ4n) is 2.98. The molecule has 1 aromatic rings. The van der Waals surface area contributed by atoms with Crippen molar-refractivity contribution in [2.45, 2.75) is 90.6 Å². The first-order chi connectivity index (χ1) is 14.8. The first-order valence-electron chi connectivity index (χ1n) is 11.6. The second-order valence-corrected chi connectivity index (χ2v) is 7.51. The molecule has 0 aliphatic carbocycles. The number of carbonyl (C=O) groups excluding carboxylic acids is 1. The molecule has 0 atom stereocenters. The molecule has 0 saturated carbocycles. The lowest BCUT2D eigenvalue weighted by molar-refractivity contribution is -0.256. The maximum absolute atomic E-state index is 11.4. The highest BCUT2D eigenvalue weighted by Crippen LogP contribution is 2.08. The number of allylic oxidation sites excluding steroid dienone is 4. The highest BCUT2D eigenvalue weighted by Gasteiger charge is 2.05. The zero-order chi connectivity index (χ0) is 21.5. The van der Waals surface area contributed by atoms with Crippen LogP contribution in [-0.4, -0.2) is 12.8 Å². The molecule has 0 bridgehead atoms. The number of hydrogen-bond donors (Lipinski definition) is 0. The molecule has 0 aliphatic rings. The number of benzene rings is 1. The van der Waals surface area contributed by atoms with Crippen LogP contribution in [0.2, 0.25) is 0 Å². The fourth-order valence-corrected chi connectivity index (χ4v) is 2.98. The molecule has 0 N–H and O–H groups in total. The molecule has 4 nitrogen and oxygen atoms in total. The monoisotopic (exact) mass is 416 g/mol. The molecule has 1 rings (SSSR count). The van der Waals surface area contributed by atoms with Gasteiger partial charge in [-0.3, -0.25) is 4.89 Å². The Morgan fingerprint density at radius 1 is 0.800 bits per heavy atom. The summed E-state index contributed by atoms with van der Waals surface area (Å²) in [5.41, 5.74) is 0.916. The Kier molecular flexibility index (Phi) is 17.5. The molecule has 0 spiro atoms. The van der Waals surface area contributed by atoms with E-state index in [2.05, 4.69) is 36.1 Å². The van der Waals surface area contributed by atoms with E-state index in [1.165, 1.54) is 57.8 Å². The Hall–Kier alpha value is -2.07. The van der Waals surface area contributed by atoms with E-state index in [1.807, 2.05) is 30.3 Å². The molecule has 0 aliphatic heterocycles. The van der Waals surface area contributed by atoms with Crippen molar-refractivity contribution < 1.29 is 19.3 Å². The van der Waals surface area contributed by atoms with Crippen LogP contribution < -0.4 is 0 Å². The van der Waals surface area contributed by atoms with Crippen LogP contribution in [0.15, 0.2) is 54.6 Å². The second kappa shape index (κ2) is 20.2. The maximum Gasteiger partial charge on any atom is 0.540 e. The predicted molar refractivity (Wildman–Crippen MR) is 123 cm³/mol. The molecule has 1 aromatic carbocycles. The van der Waals surface area contributed by atoms with Crippen molar-refractivity contribution in [3.8, 4) is 0 Å². The van der Waals surface area contributed by atoms with E-state index in [-0.39, 0.29) is 6.61 Å². The van der Waals surface area contributed by atoms with E-state index in [9.17, 15) is 4.79 Å². The van der Waals surface area contributed by atoms with Gasteiger partial charge in [-0.15, -0.1) is 0 Å². The van der Waals surface area contributed by atoms with Crippen molar-refractivity contribution >= 4 is 6.16 Å². The molecule has 4 heteroatoms. The van der Waals surface area contributed by atoms with Crippen LogP contribution >= 0.6 is 0 Å². The molecule has 0 amide bonds. The summed E-state index contributed by atoms with van der Waals surface area (Å²) in [6.07, 6.45) is 22.7. The second-order valence-electron chi connectivity index (χ2n) is 7.51. The molecular formula is C26H40O4. The third kappa shape index (κ3) is 16.8. The van der Waals surface area contributed by atoms with Gasteiger partial charge in [0.1, 0.15) is 6.61 Å². The number of hydrogen-bond acceptors (Lipinski definition) is 4. The van der Waals surface area contributed by atoms with Crippen molar-refractivity contribution in [1.29, 1.82) is 0 Å². The Bertz CT molecular complexity index is 566. The van der Waals surface area contributed by atoms with Crippen LogP contribution in [-0.2, 0) is 21.1 Å². The molecule has 30 heavy (non-hydrogen) atoms. The summed E-state index contributed by atoms with van der Waals surface area (Å²) < 4.78 is 4.97. The van der Waals surface area contributed by atoms with E-state index >= 15 is 0 Å². The lowest BCUT2D eigenvalue weighted by atomic mass is 10.1. The Morgan fingerprint density at radius 2 is 1.43 bits per heavy atom. The van der Waals surface area contributed by atoms with Crippen LogP contribution in [0.1, 0.15) is 89.5 Å². The fraction of sp³-hybridized carbons (Fsp3) is 0.577. The summed E-state index contributed by atoms with van der Waals surface area (Å²) in [5.74, 6) is 0. The van der Waals surface area contributed by atoms with Crippen LogP contribution in [0.3, 0.4) is 0 Å². The van der Waals surface area contributed by atoms with Gasteiger partial charge < -0.3 is 4.74 Å². The average Bonchev–Trinajstić information content (AvgIpc) is 2.77. The standard InChI is InChI=1S/C26H40O4/c1-2-3-4-5-6-7-8-9-10-11-12-13-14-15-16-20-23-29-30-26(27)28-24-25-21-18-17-19-22-25/h6-7,9-10,17-19,21-22H,2-5,8,11-16,20,23-24H2,1H3/b7-6-,10-9-. The number of unbranched alkanes of at least 4 members (excludes halogenated alkanes) is 9. The zero-order valence-corrected chi connectivity index (χ0v) is 18.7. The largest absolute Gasteiger partial charge is 0.540 e. The Balaban J connectivity index is 1.80. The average molecular weight is 417 g/mol. The SMILES string of the molecule is CCCCC/C=C\C/C=C\CCCCCCCCOOC(=O)OCc1ccccc1. The van der Waals surface area contributed by atoms with Gasteiger partial charge in [0.15, 0.2) is 0 Å². The summed E-state index contributed by atoms with van der Waals surface area (Å²) in [4.78, 5) is 20.9. The predicted octanol–water partition coefficient (Wildman–Crippen LogP) is 8.08. The Morgan fingerprint density at radius 3 is 2.13 bits per heavy atom.